The number of rotatable bonds is 9. The third kappa shape index (κ3) is 6.02. The van der Waals surface area contributed by atoms with E-state index in [4.69, 9.17) is 4.74 Å². The van der Waals surface area contributed by atoms with Crippen molar-refractivity contribution in [1.29, 1.82) is 0 Å². The standard InChI is InChI=1S/C21H27N3O3/c1-4-24(5-2)19-13-11-17(12-14-19)22-15-20(25)23-18-9-7-16(8-10-18)21(26)27-6-3/h7-14,22H,4-6,15H2,1-3H3,(H,23,25). The van der Waals surface area contributed by atoms with Gasteiger partial charge in [-0.15, -0.1) is 0 Å². The van der Waals surface area contributed by atoms with E-state index in [-0.39, 0.29) is 18.4 Å². The Morgan fingerprint density at radius 2 is 1.48 bits per heavy atom. The largest absolute Gasteiger partial charge is 0.462 e. The fourth-order valence-corrected chi connectivity index (χ4v) is 2.67. The number of benzene rings is 2. The van der Waals surface area contributed by atoms with Gasteiger partial charge in [-0.1, -0.05) is 0 Å². The van der Waals surface area contributed by atoms with Crippen molar-refractivity contribution in [1.82, 2.24) is 0 Å². The quantitative estimate of drug-likeness (QED) is 0.659. The predicted octanol–water partition coefficient (Wildman–Crippen LogP) is 3.76. The molecule has 0 aliphatic carbocycles. The third-order valence-electron chi connectivity index (χ3n) is 4.13. The number of carbonyl (C=O) groups excluding carboxylic acids is 2. The van der Waals surface area contributed by atoms with Gasteiger partial charge in [-0.2, -0.15) is 0 Å². The number of hydrogen-bond donors (Lipinski definition) is 2. The Labute approximate surface area is 160 Å². The summed E-state index contributed by atoms with van der Waals surface area (Å²) in [6.07, 6.45) is 0. The predicted molar refractivity (Wildman–Crippen MR) is 110 cm³/mol. The van der Waals surface area contributed by atoms with Crippen LogP contribution in [0.15, 0.2) is 48.5 Å². The first-order valence-corrected chi connectivity index (χ1v) is 9.23. The van der Waals surface area contributed by atoms with Crippen LogP contribution in [0.25, 0.3) is 0 Å². The van der Waals surface area contributed by atoms with Gasteiger partial charge in [-0.05, 0) is 69.3 Å². The van der Waals surface area contributed by atoms with Crippen LogP contribution in [-0.4, -0.2) is 38.1 Å². The highest BCUT2D eigenvalue weighted by molar-refractivity contribution is 5.95. The van der Waals surface area contributed by atoms with Crippen LogP contribution < -0.4 is 15.5 Å². The van der Waals surface area contributed by atoms with Gasteiger partial charge in [0, 0.05) is 30.2 Å². The molecule has 0 heterocycles. The second kappa shape index (κ2) is 10.2. The van der Waals surface area contributed by atoms with Crippen molar-refractivity contribution in [3.8, 4) is 0 Å². The van der Waals surface area contributed by atoms with Crippen molar-refractivity contribution >= 4 is 28.9 Å². The topological polar surface area (TPSA) is 70.7 Å². The molecule has 2 aromatic carbocycles. The lowest BCUT2D eigenvalue weighted by Gasteiger charge is -2.21. The van der Waals surface area contributed by atoms with Crippen LogP contribution in [-0.2, 0) is 9.53 Å². The number of anilines is 3. The van der Waals surface area contributed by atoms with Crippen molar-refractivity contribution in [2.24, 2.45) is 0 Å². The molecule has 2 N–H and O–H groups in total. The lowest BCUT2D eigenvalue weighted by Crippen LogP contribution is -2.22. The fourth-order valence-electron chi connectivity index (χ4n) is 2.67. The first kappa shape index (κ1) is 20.3. The molecular weight excluding hydrogens is 342 g/mol. The van der Waals surface area contributed by atoms with E-state index in [1.807, 2.05) is 24.3 Å². The van der Waals surface area contributed by atoms with E-state index in [2.05, 4.69) is 29.4 Å². The summed E-state index contributed by atoms with van der Waals surface area (Å²) < 4.78 is 4.93. The van der Waals surface area contributed by atoms with Crippen molar-refractivity contribution in [2.45, 2.75) is 20.8 Å². The second-order valence-corrected chi connectivity index (χ2v) is 5.92. The Morgan fingerprint density at radius 3 is 2.04 bits per heavy atom. The molecule has 0 aliphatic rings. The molecule has 0 aromatic heterocycles. The molecule has 144 valence electrons. The Bertz CT molecular complexity index is 738. The van der Waals surface area contributed by atoms with E-state index in [1.54, 1.807) is 31.2 Å². The Balaban J connectivity index is 1.84. The minimum absolute atomic E-state index is 0.157. The molecular formula is C21H27N3O3. The molecule has 0 saturated heterocycles. The Morgan fingerprint density at radius 1 is 0.889 bits per heavy atom. The maximum Gasteiger partial charge on any atom is 0.338 e. The highest BCUT2D eigenvalue weighted by Gasteiger charge is 2.07. The zero-order chi connectivity index (χ0) is 19.6. The second-order valence-electron chi connectivity index (χ2n) is 5.92. The summed E-state index contributed by atoms with van der Waals surface area (Å²) in [5.74, 6) is -0.531. The molecule has 2 aromatic rings. The normalized spacial score (nSPS) is 10.2. The van der Waals surface area contributed by atoms with Gasteiger partial charge >= 0.3 is 5.97 Å². The molecule has 1 amide bonds. The zero-order valence-corrected chi connectivity index (χ0v) is 16.1. The van der Waals surface area contributed by atoms with Gasteiger partial charge in [0.05, 0.1) is 18.7 Å². The number of ether oxygens (including phenoxy) is 1. The molecule has 0 radical (unpaired) electrons. The summed E-state index contributed by atoms with van der Waals surface area (Å²) in [6.45, 7) is 8.42. The number of nitrogens with one attached hydrogen (secondary N) is 2. The van der Waals surface area contributed by atoms with Crippen LogP contribution in [0.1, 0.15) is 31.1 Å². The molecule has 0 atom stereocenters. The van der Waals surface area contributed by atoms with Crippen LogP contribution in [0.4, 0.5) is 17.1 Å². The first-order chi connectivity index (χ1) is 13.1. The minimum Gasteiger partial charge on any atom is -0.462 e. The van der Waals surface area contributed by atoms with Crippen LogP contribution in [0.3, 0.4) is 0 Å². The third-order valence-corrected chi connectivity index (χ3v) is 4.13. The molecule has 6 nitrogen and oxygen atoms in total. The van der Waals surface area contributed by atoms with Gasteiger partial charge in [-0.3, -0.25) is 4.79 Å². The average molecular weight is 369 g/mol. The summed E-state index contributed by atoms with van der Waals surface area (Å²) in [4.78, 5) is 26.0. The van der Waals surface area contributed by atoms with E-state index >= 15 is 0 Å². The number of amides is 1. The Kier molecular flexibility index (Phi) is 7.67. The van der Waals surface area contributed by atoms with E-state index in [0.29, 0.717) is 17.9 Å². The van der Waals surface area contributed by atoms with E-state index in [1.165, 1.54) is 0 Å². The summed E-state index contributed by atoms with van der Waals surface area (Å²) in [5, 5.41) is 5.90. The smallest absolute Gasteiger partial charge is 0.338 e. The number of nitrogens with zero attached hydrogens (tertiary/aromatic N) is 1. The molecule has 0 saturated carbocycles. The monoisotopic (exact) mass is 369 g/mol. The molecule has 0 spiro atoms. The summed E-state index contributed by atoms with van der Waals surface area (Å²) in [5.41, 5.74) is 3.14. The van der Waals surface area contributed by atoms with Crippen molar-refractivity contribution < 1.29 is 14.3 Å². The molecule has 2 rings (SSSR count). The molecule has 0 fully saturated rings. The zero-order valence-electron chi connectivity index (χ0n) is 16.1. The molecule has 0 aliphatic heterocycles. The molecule has 6 heteroatoms. The van der Waals surface area contributed by atoms with Gasteiger partial charge in [0.2, 0.25) is 5.91 Å². The highest BCUT2D eigenvalue weighted by Crippen LogP contribution is 2.17. The first-order valence-electron chi connectivity index (χ1n) is 9.23. The Hall–Kier alpha value is -3.02. The number of hydrogen-bond acceptors (Lipinski definition) is 5. The maximum atomic E-state index is 12.1. The van der Waals surface area contributed by atoms with Gasteiger partial charge < -0.3 is 20.3 Å². The van der Waals surface area contributed by atoms with Crippen molar-refractivity contribution in [3.63, 3.8) is 0 Å². The van der Waals surface area contributed by atoms with Gasteiger partial charge in [0.15, 0.2) is 0 Å². The van der Waals surface area contributed by atoms with Gasteiger partial charge in [0.1, 0.15) is 0 Å². The van der Waals surface area contributed by atoms with E-state index < -0.39 is 0 Å². The molecule has 0 unspecified atom stereocenters. The highest BCUT2D eigenvalue weighted by atomic mass is 16.5. The van der Waals surface area contributed by atoms with Crippen molar-refractivity contribution in [2.75, 3.05) is 41.8 Å². The molecule has 0 bridgehead atoms. The lowest BCUT2D eigenvalue weighted by molar-refractivity contribution is -0.114. The van der Waals surface area contributed by atoms with E-state index in [0.717, 1.165) is 24.5 Å². The number of carbonyl (C=O) groups is 2. The summed E-state index contributed by atoms with van der Waals surface area (Å²) >= 11 is 0. The van der Waals surface area contributed by atoms with Crippen LogP contribution in [0.5, 0.6) is 0 Å². The minimum atomic E-state index is -0.370. The van der Waals surface area contributed by atoms with Crippen LogP contribution >= 0.6 is 0 Å². The number of esters is 1. The maximum absolute atomic E-state index is 12.1. The van der Waals surface area contributed by atoms with Crippen LogP contribution in [0, 0.1) is 0 Å². The van der Waals surface area contributed by atoms with Gasteiger partial charge in [-0.25, -0.2) is 4.79 Å². The average Bonchev–Trinajstić information content (AvgIpc) is 2.69. The van der Waals surface area contributed by atoms with E-state index in [9.17, 15) is 9.59 Å². The lowest BCUT2D eigenvalue weighted by atomic mass is 10.2. The van der Waals surface area contributed by atoms with Gasteiger partial charge in [0.25, 0.3) is 0 Å². The molecule has 27 heavy (non-hydrogen) atoms. The SMILES string of the molecule is CCOC(=O)c1ccc(NC(=O)CNc2ccc(N(CC)CC)cc2)cc1. The summed E-state index contributed by atoms with van der Waals surface area (Å²) in [6, 6.07) is 14.7. The fraction of sp³-hybridized carbons (Fsp3) is 0.333. The van der Waals surface area contributed by atoms with Crippen LogP contribution in [0.2, 0.25) is 0 Å². The van der Waals surface area contributed by atoms with Crippen molar-refractivity contribution in [3.05, 3.63) is 54.1 Å². The summed E-state index contributed by atoms with van der Waals surface area (Å²) in [7, 11) is 0.